The van der Waals surface area contributed by atoms with Crippen molar-refractivity contribution < 1.29 is 14.3 Å². The molecule has 0 spiro atoms. The second-order valence-electron chi connectivity index (χ2n) is 5.86. The van der Waals surface area contributed by atoms with E-state index >= 15 is 0 Å². The number of benzene rings is 1. The topological polar surface area (TPSA) is 102 Å². The maximum Gasteiger partial charge on any atom is 0.337 e. The summed E-state index contributed by atoms with van der Waals surface area (Å²) in [5.41, 5.74) is 4.70. The monoisotopic (exact) mass is 353 g/mol. The molecule has 3 rings (SSSR count). The molecule has 134 valence electrons. The minimum Gasteiger partial charge on any atom is -0.465 e. The number of carbonyl (C=O) groups excluding carboxylic acids is 2. The van der Waals surface area contributed by atoms with Crippen molar-refractivity contribution in [1.82, 2.24) is 20.0 Å². The van der Waals surface area contributed by atoms with Crippen LogP contribution >= 0.6 is 0 Å². The standard InChI is InChI=1S/C18H19N5O3/c1-10-16(11(2)23(3)22-10)14-9-15(21-20-14)17(24)19-13-7-5-12(6-8-13)18(25)26-4/h5-9H,1-4H3,(H,19,24)(H,20,21). The molecule has 2 aromatic heterocycles. The van der Waals surface area contributed by atoms with Crippen LogP contribution in [0.3, 0.4) is 0 Å². The van der Waals surface area contributed by atoms with E-state index < -0.39 is 5.97 Å². The van der Waals surface area contributed by atoms with Crippen LogP contribution in [-0.2, 0) is 11.8 Å². The third-order valence-electron chi connectivity index (χ3n) is 4.15. The summed E-state index contributed by atoms with van der Waals surface area (Å²) < 4.78 is 6.43. The van der Waals surface area contributed by atoms with Gasteiger partial charge in [-0.25, -0.2) is 4.79 Å². The van der Waals surface area contributed by atoms with Crippen LogP contribution in [0.15, 0.2) is 30.3 Å². The summed E-state index contributed by atoms with van der Waals surface area (Å²) in [6.07, 6.45) is 0. The lowest BCUT2D eigenvalue weighted by Crippen LogP contribution is -2.12. The molecule has 0 saturated heterocycles. The third kappa shape index (κ3) is 3.21. The Balaban J connectivity index is 1.77. The summed E-state index contributed by atoms with van der Waals surface area (Å²) in [4.78, 5) is 23.8. The molecule has 0 aliphatic carbocycles. The number of nitrogens with one attached hydrogen (secondary N) is 2. The molecule has 8 nitrogen and oxygen atoms in total. The molecule has 0 bridgehead atoms. The molecular weight excluding hydrogens is 334 g/mol. The van der Waals surface area contributed by atoms with Crippen LogP contribution in [0.1, 0.15) is 32.2 Å². The number of aromatic amines is 1. The molecule has 0 saturated carbocycles. The van der Waals surface area contributed by atoms with Gasteiger partial charge < -0.3 is 10.1 Å². The van der Waals surface area contributed by atoms with Gasteiger partial charge in [0.2, 0.25) is 0 Å². The Morgan fingerprint density at radius 2 is 1.88 bits per heavy atom. The van der Waals surface area contributed by atoms with E-state index in [1.54, 1.807) is 35.0 Å². The summed E-state index contributed by atoms with van der Waals surface area (Å²) >= 11 is 0. The lowest BCUT2D eigenvalue weighted by atomic mass is 10.1. The van der Waals surface area contributed by atoms with Gasteiger partial charge in [-0.3, -0.25) is 14.6 Å². The number of anilines is 1. The number of ether oxygens (including phenoxy) is 1. The second kappa shape index (κ2) is 6.83. The van der Waals surface area contributed by atoms with Crippen LogP contribution in [0.5, 0.6) is 0 Å². The highest BCUT2D eigenvalue weighted by atomic mass is 16.5. The van der Waals surface area contributed by atoms with Crippen molar-refractivity contribution in [2.75, 3.05) is 12.4 Å². The number of methoxy groups -OCH3 is 1. The predicted molar refractivity (Wildman–Crippen MR) is 96.0 cm³/mol. The fourth-order valence-electron chi connectivity index (χ4n) is 2.72. The fraction of sp³-hybridized carbons (Fsp3) is 0.222. The number of aryl methyl sites for hydroxylation is 2. The molecule has 3 aromatic rings. The van der Waals surface area contributed by atoms with Crippen molar-refractivity contribution in [3.8, 4) is 11.3 Å². The molecule has 0 fully saturated rings. The average molecular weight is 353 g/mol. The van der Waals surface area contributed by atoms with Crippen molar-refractivity contribution >= 4 is 17.6 Å². The number of carbonyl (C=O) groups is 2. The molecule has 2 N–H and O–H groups in total. The van der Waals surface area contributed by atoms with Crippen LogP contribution in [-0.4, -0.2) is 39.0 Å². The van der Waals surface area contributed by atoms with Gasteiger partial charge in [-0.15, -0.1) is 0 Å². The normalized spacial score (nSPS) is 10.6. The summed E-state index contributed by atoms with van der Waals surface area (Å²) in [7, 11) is 3.18. The first-order chi connectivity index (χ1) is 12.4. The van der Waals surface area contributed by atoms with Gasteiger partial charge in [0.25, 0.3) is 5.91 Å². The van der Waals surface area contributed by atoms with Crippen LogP contribution in [0.4, 0.5) is 5.69 Å². The number of esters is 1. The maximum atomic E-state index is 12.4. The largest absolute Gasteiger partial charge is 0.465 e. The molecule has 1 aromatic carbocycles. The molecule has 1 amide bonds. The minimum absolute atomic E-state index is 0.325. The van der Waals surface area contributed by atoms with Crippen molar-refractivity contribution in [2.24, 2.45) is 7.05 Å². The molecule has 2 heterocycles. The highest BCUT2D eigenvalue weighted by molar-refractivity contribution is 6.03. The summed E-state index contributed by atoms with van der Waals surface area (Å²) in [6.45, 7) is 3.85. The predicted octanol–water partition coefficient (Wildman–Crippen LogP) is 2.47. The molecule has 8 heteroatoms. The highest BCUT2D eigenvalue weighted by Gasteiger charge is 2.17. The number of rotatable bonds is 4. The smallest absolute Gasteiger partial charge is 0.337 e. The van der Waals surface area contributed by atoms with Crippen LogP contribution < -0.4 is 5.32 Å². The van der Waals surface area contributed by atoms with Crippen molar-refractivity contribution in [3.05, 3.63) is 53.0 Å². The van der Waals surface area contributed by atoms with Gasteiger partial charge in [-0.2, -0.15) is 10.2 Å². The van der Waals surface area contributed by atoms with Gasteiger partial charge in [-0.1, -0.05) is 0 Å². The molecular formula is C18H19N5O3. The second-order valence-corrected chi connectivity index (χ2v) is 5.86. The Bertz CT molecular complexity index is 969. The Labute approximate surface area is 150 Å². The first kappa shape index (κ1) is 17.4. The van der Waals surface area contributed by atoms with Gasteiger partial charge in [0, 0.05) is 24.0 Å². The van der Waals surface area contributed by atoms with Gasteiger partial charge in [0.1, 0.15) is 5.69 Å². The molecule has 0 atom stereocenters. The van der Waals surface area contributed by atoms with Crippen molar-refractivity contribution in [3.63, 3.8) is 0 Å². The van der Waals surface area contributed by atoms with E-state index in [4.69, 9.17) is 0 Å². The number of hydrogen-bond acceptors (Lipinski definition) is 5. The number of aromatic nitrogens is 4. The number of nitrogens with zero attached hydrogens (tertiary/aromatic N) is 3. The van der Waals surface area contributed by atoms with Gasteiger partial charge >= 0.3 is 5.97 Å². The summed E-state index contributed by atoms with van der Waals surface area (Å²) in [6, 6.07) is 8.13. The van der Waals surface area contributed by atoms with Gasteiger partial charge in [0.05, 0.1) is 24.1 Å². The van der Waals surface area contributed by atoms with Gasteiger partial charge in [0.15, 0.2) is 0 Å². The third-order valence-corrected chi connectivity index (χ3v) is 4.15. The van der Waals surface area contributed by atoms with Crippen LogP contribution in [0.25, 0.3) is 11.3 Å². The Morgan fingerprint density at radius 3 is 2.46 bits per heavy atom. The lowest BCUT2D eigenvalue weighted by molar-refractivity contribution is 0.0600. The SMILES string of the molecule is COC(=O)c1ccc(NC(=O)c2cc(-c3c(C)nn(C)c3C)n[nH]2)cc1. The molecule has 0 radical (unpaired) electrons. The van der Waals surface area contributed by atoms with Crippen molar-refractivity contribution in [2.45, 2.75) is 13.8 Å². The minimum atomic E-state index is -0.428. The average Bonchev–Trinajstić information content (AvgIpc) is 3.20. The maximum absolute atomic E-state index is 12.4. The van der Waals surface area contributed by atoms with E-state index in [-0.39, 0.29) is 5.91 Å². The Kier molecular flexibility index (Phi) is 4.57. The van der Waals surface area contributed by atoms with Crippen LogP contribution in [0.2, 0.25) is 0 Å². The number of hydrogen-bond donors (Lipinski definition) is 2. The first-order valence-electron chi connectivity index (χ1n) is 7.96. The zero-order valence-electron chi connectivity index (χ0n) is 15.0. The number of H-pyrrole nitrogens is 1. The van der Waals surface area contributed by atoms with Crippen molar-refractivity contribution in [1.29, 1.82) is 0 Å². The zero-order valence-corrected chi connectivity index (χ0v) is 15.0. The van der Waals surface area contributed by atoms with E-state index in [0.717, 1.165) is 17.0 Å². The van der Waals surface area contributed by atoms with E-state index in [1.165, 1.54) is 7.11 Å². The molecule has 0 aliphatic rings. The lowest BCUT2D eigenvalue weighted by Gasteiger charge is -2.04. The molecule has 0 aliphatic heterocycles. The first-order valence-corrected chi connectivity index (χ1v) is 7.96. The van der Waals surface area contributed by atoms with E-state index in [2.05, 4.69) is 25.3 Å². The molecule has 26 heavy (non-hydrogen) atoms. The summed E-state index contributed by atoms with van der Waals surface area (Å²) in [5.74, 6) is -0.753. The van der Waals surface area contributed by atoms with Crippen LogP contribution in [0, 0.1) is 13.8 Å². The highest BCUT2D eigenvalue weighted by Crippen LogP contribution is 2.25. The Hall–Kier alpha value is -3.42. The molecule has 0 unspecified atom stereocenters. The van der Waals surface area contributed by atoms with E-state index in [0.29, 0.717) is 22.6 Å². The fourth-order valence-corrected chi connectivity index (χ4v) is 2.72. The Morgan fingerprint density at radius 1 is 1.19 bits per heavy atom. The van der Waals surface area contributed by atoms with E-state index in [9.17, 15) is 9.59 Å². The quantitative estimate of drug-likeness (QED) is 0.702. The zero-order chi connectivity index (χ0) is 18.8. The number of amides is 1. The van der Waals surface area contributed by atoms with E-state index in [1.807, 2.05) is 20.9 Å². The summed E-state index contributed by atoms with van der Waals surface area (Å²) in [5, 5.41) is 14.1. The van der Waals surface area contributed by atoms with Gasteiger partial charge in [-0.05, 0) is 44.2 Å².